The summed E-state index contributed by atoms with van der Waals surface area (Å²) in [6, 6.07) is 6.11. The Bertz CT molecular complexity index is 2070. The smallest absolute Gasteiger partial charge is 0.250 e. The molecule has 1 aliphatic carbocycles. The molecule has 13 heteroatoms. The first-order chi connectivity index (χ1) is 22.3. The van der Waals surface area contributed by atoms with E-state index in [4.69, 9.17) is 14.1 Å². The van der Waals surface area contributed by atoms with Crippen LogP contribution in [-0.2, 0) is 27.4 Å². The van der Waals surface area contributed by atoms with Gasteiger partial charge in [0.2, 0.25) is 11.8 Å². The molecule has 11 nitrogen and oxygen atoms in total. The predicted octanol–water partition coefficient (Wildman–Crippen LogP) is 6.10. The molecule has 0 bridgehead atoms. The van der Waals surface area contributed by atoms with Crippen LogP contribution in [0.1, 0.15) is 73.6 Å². The zero-order chi connectivity index (χ0) is 31.6. The van der Waals surface area contributed by atoms with Crippen molar-refractivity contribution in [3.8, 4) is 21.9 Å². The lowest BCUT2D eigenvalue weighted by Crippen LogP contribution is -2.11. The molecule has 8 rings (SSSR count). The molecule has 0 spiro atoms. The van der Waals surface area contributed by atoms with E-state index < -0.39 is 9.84 Å². The van der Waals surface area contributed by atoms with Crippen LogP contribution in [-0.4, -0.2) is 57.5 Å². The second-order valence-electron chi connectivity index (χ2n) is 12.9. The number of nitrogens with zero attached hydrogens (tertiary/aromatic N) is 6. The van der Waals surface area contributed by atoms with Gasteiger partial charge >= 0.3 is 0 Å². The summed E-state index contributed by atoms with van der Waals surface area (Å²) in [4.78, 5) is 20.0. The van der Waals surface area contributed by atoms with Crippen molar-refractivity contribution in [3.63, 3.8) is 0 Å². The molecule has 5 aromatic heterocycles. The number of anilines is 1. The number of sulfone groups is 1. The highest BCUT2D eigenvalue weighted by Crippen LogP contribution is 2.51. The standard InChI is InChI=1S/C33H35N7O4S2/c1-17(2)21-15-46(41,42)31-28(27(33-40-39-18(3)44-33)24(37-29(21)31)7-6-19-10-12-43-14-19)26-13-25-30(45-26)32(36-16-35-25)38-23-9-8-22-20(23)5-4-11-34-22/h4-5,11,13,16-17,19,21,23H,6-10,12,14-15H2,1-3H3,(H,35,36,38)/t19?,21-,23?/m1/s1. The van der Waals surface area contributed by atoms with Crippen LogP contribution in [0.2, 0.25) is 0 Å². The molecule has 46 heavy (non-hydrogen) atoms. The van der Waals surface area contributed by atoms with Crippen LogP contribution in [0.5, 0.6) is 0 Å². The predicted molar refractivity (Wildman–Crippen MR) is 174 cm³/mol. The monoisotopic (exact) mass is 657 g/mol. The number of aryl methyl sites for hydroxylation is 3. The van der Waals surface area contributed by atoms with E-state index in [-0.39, 0.29) is 34.4 Å². The lowest BCUT2D eigenvalue weighted by molar-refractivity contribution is 0.184. The van der Waals surface area contributed by atoms with E-state index in [2.05, 4.69) is 50.4 Å². The molecule has 0 radical (unpaired) electrons. The van der Waals surface area contributed by atoms with Crippen molar-refractivity contribution in [2.45, 2.75) is 69.7 Å². The van der Waals surface area contributed by atoms with Crippen molar-refractivity contribution in [2.24, 2.45) is 11.8 Å². The Balaban J connectivity index is 1.32. The van der Waals surface area contributed by atoms with Gasteiger partial charge in [0.1, 0.15) is 12.1 Å². The lowest BCUT2D eigenvalue weighted by Gasteiger charge is -2.19. The summed E-state index contributed by atoms with van der Waals surface area (Å²) in [5.41, 5.74) is 5.61. The number of fused-ring (bicyclic) bond motifs is 3. The fourth-order valence-electron chi connectivity index (χ4n) is 7.12. The fraction of sp³-hybridized carbons (Fsp3) is 0.455. The minimum Gasteiger partial charge on any atom is -0.421 e. The van der Waals surface area contributed by atoms with Gasteiger partial charge < -0.3 is 14.5 Å². The van der Waals surface area contributed by atoms with Gasteiger partial charge in [-0.2, -0.15) is 0 Å². The lowest BCUT2D eigenvalue weighted by atomic mass is 9.90. The van der Waals surface area contributed by atoms with Crippen LogP contribution in [0.3, 0.4) is 0 Å². The third-order valence-electron chi connectivity index (χ3n) is 9.51. The van der Waals surface area contributed by atoms with E-state index in [9.17, 15) is 8.42 Å². The summed E-state index contributed by atoms with van der Waals surface area (Å²) in [7, 11) is -3.67. The molecular formula is C33H35N7O4S2. The second-order valence-corrected chi connectivity index (χ2v) is 15.9. The minimum absolute atomic E-state index is 0.0227. The first kappa shape index (κ1) is 29.6. The number of hydrogen-bond acceptors (Lipinski definition) is 12. The van der Waals surface area contributed by atoms with E-state index in [1.807, 2.05) is 18.3 Å². The van der Waals surface area contributed by atoms with Crippen LogP contribution < -0.4 is 5.32 Å². The number of thiophene rings is 1. The number of ether oxygens (including phenoxy) is 1. The first-order valence-corrected chi connectivity index (χ1v) is 18.4. The van der Waals surface area contributed by atoms with Crippen molar-refractivity contribution in [3.05, 3.63) is 59.3 Å². The van der Waals surface area contributed by atoms with E-state index in [1.165, 1.54) is 16.9 Å². The van der Waals surface area contributed by atoms with Gasteiger partial charge in [0, 0.05) is 48.4 Å². The van der Waals surface area contributed by atoms with Gasteiger partial charge in [0.15, 0.2) is 9.84 Å². The Morgan fingerprint density at radius 1 is 1.13 bits per heavy atom. The Labute approximate surface area is 271 Å². The zero-order valence-corrected chi connectivity index (χ0v) is 27.6. The van der Waals surface area contributed by atoms with Gasteiger partial charge in [0.05, 0.1) is 43.9 Å². The Morgan fingerprint density at radius 2 is 2.02 bits per heavy atom. The van der Waals surface area contributed by atoms with E-state index in [1.54, 1.807) is 13.3 Å². The quantitative estimate of drug-likeness (QED) is 0.206. The number of nitrogens with one attached hydrogen (secondary N) is 1. The van der Waals surface area contributed by atoms with Crippen molar-refractivity contribution < 1.29 is 17.6 Å². The molecule has 1 fully saturated rings. The van der Waals surface area contributed by atoms with Crippen molar-refractivity contribution >= 4 is 37.2 Å². The summed E-state index contributed by atoms with van der Waals surface area (Å²) in [5.74, 6) is 1.72. The van der Waals surface area contributed by atoms with Gasteiger partial charge in [-0.15, -0.1) is 21.5 Å². The summed E-state index contributed by atoms with van der Waals surface area (Å²) in [6.45, 7) is 7.35. The highest BCUT2D eigenvalue weighted by atomic mass is 32.2. The number of pyridine rings is 2. The van der Waals surface area contributed by atoms with E-state index >= 15 is 0 Å². The van der Waals surface area contributed by atoms with Crippen LogP contribution in [0.25, 0.3) is 32.1 Å². The van der Waals surface area contributed by atoms with Crippen molar-refractivity contribution in [1.29, 1.82) is 0 Å². The van der Waals surface area contributed by atoms with Gasteiger partial charge in [-0.05, 0) is 61.6 Å². The van der Waals surface area contributed by atoms with Crippen molar-refractivity contribution in [1.82, 2.24) is 30.1 Å². The number of aromatic nitrogens is 6. The van der Waals surface area contributed by atoms with Gasteiger partial charge in [-0.1, -0.05) is 19.9 Å². The number of rotatable bonds is 8. The van der Waals surface area contributed by atoms with Gasteiger partial charge in [-0.25, -0.2) is 18.4 Å². The second kappa shape index (κ2) is 11.5. The molecule has 238 valence electrons. The first-order valence-electron chi connectivity index (χ1n) is 15.9. The Morgan fingerprint density at radius 3 is 2.80 bits per heavy atom. The summed E-state index contributed by atoms with van der Waals surface area (Å²) in [6.07, 6.45) is 7.72. The topological polar surface area (TPSA) is 146 Å². The molecule has 1 saturated heterocycles. The molecule has 1 N–H and O–H groups in total. The third kappa shape index (κ3) is 5.08. The molecule has 2 aliphatic heterocycles. The SMILES string of the molecule is Cc1nnc(-c2c(CCC3CCOC3)nc3c(c2-c2cc4ncnc(NC5CCc6ncccc65)c4s2)S(=O)(=O)C[C@@H]3C(C)C)o1. The fourth-order valence-corrected chi connectivity index (χ4v) is 10.5. The van der Waals surface area contributed by atoms with Crippen molar-refractivity contribution in [2.75, 3.05) is 24.3 Å². The van der Waals surface area contributed by atoms with Crippen LogP contribution in [0.15, 0.2) is 40.0 Å². The largest absolute Gasteiger partial charge is 0.421 e. The molecule has 2 unspecified atom stereocenters. The average Bonchev–Trinajstić information content (AvgIpc) is 3.87. The highest BCUT2D eigenvalue weighted by Gasteiger charge is 2.43. The molecule has 0 saturated carbocycles. The maximum atomic E-state index is 14.1. The summed E-state index contributed by atoms with van der Waals surface area (Å²) < 4.78 is 40.7. The average molecular weight is 658 g/mol. The maximum absolute atomic E-state index is 14.1. The summed E-state index contributed by atoms with van der Waals surface area (Å²) >= 11 is 1.48. The maximum Gasteiger partial charge on any atom is 0.250 e. The van der Waals surface area contributed by atoms with Gasteiger partial charge in [0.25, 0.3) is 0 Å². The third-order valence-corrected chi connectivity index (χ3v) is 12.5. The highest BCUT2D eigenvalue weighted by molar-refractivity contribution is 7.92. The van der Waals surface area contributed by atoms with E-state index in [0.29, 0.717) is 40.9 Å². The summed E-state index contributed by atoms with van der Waals surface area (Å²) in [5, 5.41) is 12.2. The van der Waals surface area contributed by atoms with Gasteiger partial charge in [-0.3, -0.25) is 9.97 Å². The van der Waals surface area contributed by atoms with Crippen LogP contribution in [0.4, 0.5) is 5.82 Å². The number of hydrogen-bond donors (Lipinski definition) is 1. The molecule has 5 aromatic rings. The molecule has 3 aliphatic rings. The minimum atomic E-state index is -3.67. The molecular weight excluding hydrogens is 623 g/mol. The molecule has 0 aromatic carbocycles. The van der Waals surface area contributed by atoms with Crippen LogP contribution in [0, 0.1) is 18.8 Å². The molecule has 7 heterocycles. The Kier molecular flexibility index (Phi) is 7.37. The Hall–Kier alpha value is -3.81. The molecule has 0 amide bonds. The normalized spacial score (nSPS) is 21.7. The molecule has 3 atom stereocenters. The zero-order valence-electron chi connectivity index (χ0n) is 26.0. The van der Waals surface area contributed by atoms with E-state index in [0.717, 1.165) is 65.4 Å². The van der Waals surface area contributed by atoms with Crippen LogP contribution >= 0.6 is 11.3 Å².